The second-order valence-corrected chi connectivity index (χ2v) is 11.6. The summed E-state index contributed by atoms with van der Waals surface area (Å²) in [5, 5.41) is 9.05. The third-order valence-corrected chi connectivity index (χ3v) is 8.65. The van der Waals surface area contributed by atoms with E-state index in [1.807, 2.05) is 21.0 Å². The number of nitrogens with one attached hydrogen (secondary N) is 1. The van der Waals surface area contributed by atoms with Gasteiger partial charge in [-0.25, -0.2) is 14.6 Å². The van der Waals surface area contributed by atoms with Gasteiger partial charge in [0.2, 0.25) is 5.95 Å². The van der Waals surface area contributed by atoms with Gasteiger partial charge in [-0.1, -0.05) is 6.92 Å². The highest BCUT2D eigenvalue weighted by Crippen LogP contribution is 2.56. The predicted molar refractivity (Wildman–Crippen MR) is 143 cm³/mol. The van der Waals surface area contributed by atoms with Gasteiger partial charge in [0.15, 0.2) is 17.4 Å². The SMILES string of the molecule is CC[C@@]12CO[C@@H]([C@H](n3cnc4c(=O)[nH]c(/N=C/N(C)C)nc43)O1)[C@@H]2OP(OCCC#N)N(C(C)C)C(C)C. The van der Waals surface area contributed by atoms with Crippen molar-refractivity contribution in [3.05, 3.63) is 16.7 Å². The Morgan fingerprint density at radius 1 is 1.39 bits per heavy atom. The van der Waals surface area contributed by atoms with Crippen molar-refractivity contribution in [1.29, 1.82) is 5.26 Å². The van der Waals surface area contributed by atoms with Gasteiger partial charge < -0.3 is 23.4 Å². The van der Waals surface area contributed by atoms with Crippen molar-refractivity contribution in [3.63, 3.8) is 0 Å². The zero-order valence-corrected chi connectivity index (χ0v) is 23.9. The van der Waals surface area contributed by atoms with Gasteiger partial charge in [-0.15, -0.1) is 0 Å². The summed E-state index contributed by atoms with van der Waals surface area (Å²) in [4.78, 5) is 30.2. The third-order valence-electron chi connectivity index (χ3n) is 6.54. The molecule has 1 N–H and O–H groups in total. The number of nitriles is 1. The lowest BCUT2D eigenvalue weighted by atomic mass is 9.96. The second kappa shape index (κ2) is 11.7. The highest BCUT2D eigenvalue weighted by Gasteiger charge is 2.63. The molecule has 2 aromatic heterocycles. The molecule has 14 heteroatoms. The summed E-state index contributed by atoms with van der Waals surface area (Å²) in [7, 11) is 2.15. The summed E-state index contributed by atoms with van der Waals surface area (Å²) in [5.41, 5.74) is -0.557. The van der Waals surface area contributed by atoms with Crippen LogP contribution >= 0.6 is 8.53 Å². The van der Waals surface area contributed by atoms with E-state index in [1.165, 1.54) is 0 Å². The van der Waals surface area contributed by atoms with Crippen molar-refractivity contribution in [2.45, 2.75) is 83.6 Å². The molecular formula is C24H37N8O5P. The van der Waals surface area contributed by atoms with Crippen LogP contribution in [0.5, 0.6) is 0 Å². The summed E-state index contributed by atoms with van der Waals surface area (Å²) in [6.07, 6.45) is 2.50. The lowest BCUT2D eigenvalue weighted by Gasteiger charge is -2.38. The Hall–Kier alpha value is -2.46. The molecule has 0 aromatic carbocycles. The van der Waals surface area contributed by atoms with E-state index in [-0.39, 0.29) is 42.1 Å². The van der Waals surface area contributed by atoms with Gasteiger partial charge in [0, 0.05) is 26.2 Å². The third kappa shape index (κ3) is 5.47. The topological polar surface area (TPSA) is 143 Å². The Labute approximate surface area is 223 Å². The molecule has 0 amide bonds. The zero-order valence-electron chi connectivity index (χ0n) is 23.0. The summed E-state index contributed by atoms with van der Waals surface area (Å²) >= 11 is 0. The minimum atomic E-state index is -1.51. The smallest absolute Gasteiger partial charge is 0.280 e. The van der Waals surface area contributed by atoms with Crippen LogP contribution in [0, 0.1) is 11.3 Å². The molecule has 2 fully saturated rings. The highest BCUT2D eigenvalue weighted by atomic mass is 31.2. The minimum Gasteiger partial charge on any atom is -0.369 e. The van der Waals surface area contributed by atoms with Crippen LogP contribution in [-0.4, -0.2) is 92.6 Å². The number of aromatic amines is 1. The molecule has 2 aliphatic rings. The van der Waals surface area contributed by atoms with Gasteiger partial charge in [0.1, 0.15) is 17.8 Å². The van der Waals surface area contributed by atoms with Crippen molar-refractivity contribution in [2.24, 2.45) is 4.99 Å². The van der Waals surface area contributed by atoms with E-state index < -0.39 is 32.6 Å². The molecule has 1 unspecified atom stereocenters. The number of imidazole rings is 1. The Morgan fingerprint density at radius 2 is 2.13 bits per heavy atom. The van der Waals surface area contributed by atoms with Crippen LogP contribution < -0.4 is 5.56 Å². The maximum Gasteiger partial charge on any atom is 0.280 e. The van der Waals surface area contributed by atoms with Gasteiger partial charge in [0.05, 0.1) is 38.4 Å². The van der Waals surface area contributed by atoms with Crippen LogP contribution in [0.15, 0.2) is 16.1 Å². The van der Waals surface area contributed by atoms with Crippen molar-refractivity contribution in [2.75, 3.05) is 27.3 Å². The van der Waals surface area contributed by atoms with Crippen molar-refractivity contribution in [3.8, 4) is 6.07 Å². The average Bonchev–Trinajstić information content (AvgIpc) is 3.52. The molecule has 38 heavy (non-hydrogen) atoms. The predicted octanol–water partition coefficient (Wildman–Crippen LogP) is 3.08. The van der Waals surface area contributed by atoms with Crippen LogP contribution in [0.3, 0.4) is 0 Å². The van der Waals surface area contributed by atoms with Gasteiger partial charge in [-0.05, 0) is 34.1 Å². The van der Waals surface area contributed by atoms with Gasteiger partial charge in [-0.2, -0.15) is 10.2 Å². The van der Waals surface area contributed by atoms with E-state index in [2.05, 4.69) is 58.4 Å². The maximum absolute atomic E-state index is 12.7. The summed E-state index contributed by atoms with van der Waals surface area (Å²) in [5.74, 6) is 0.166. The van der Waals surface area contributed by atoms with E-state index in [1.54, 1.807) is 22.1 Å². The summed E-state index contributed by atoms with van der Waals surface area (Å²) in [6, 6.07) is 2.45. The number of H-pyrrole nitrogens is 1. The fraction of sp³-hybridized carbons (Fsp3) is 0.708. The molecule has 0 aliphatic carbocycles. The second-order valence-electron chi connectivity index (χ2n) is 10.2. The van der Waals surface area contributed by atoms with Gasteiger partial charge >= 0.3 is 0 Å². The first-order chi connectivity index (χ1) is 18.1. The highest BCUT2D eigenvalue weighted by molar-refractivity contribution is 7.44. The fourth-order valence-corrected chi connectivity index (χ4v) is 6.64. The maximum atomic E-state index is 12.7. The first kappa shape index (κ1) is 28.5. The fourth-order valence-electron chi connectivity index (χ4n) is 4.83. The summed E-state index contributed by atoms with van der Waals surface area (Å²) < 4.78 is 29.7. The van der Waals surface area contributed by atoms with Crippen LogP contribution in [0.1, 0.15) is 53.7 Å². The number of nitrogens with zero attached hydrogens (tertiary/aromatic N) is 7. The molecule has 2 saturated heterocycles. The van der Waals surface area contributed by atoms with Crippen LogP contribution in [0.2, 0.25) is 0 Å². The molecular weight excluding hydrogens is 511 g/mol. The molecule has 208 valence electrons. The van der Waals surface area contributed by atoms with Crippen LogP contribution in [0.4, 0.5) is 5.95 Å². The Morgan fingerprint density at radius 3 is 2.76 bits per heavy atom. The van der Waals surface area contributed by atoms with E-state index >= 15 is 0 Å². The molecule has 2 aliphatic heterocycles. The molecule has 4 rings (SSSR count). The average molecular weight is 549 g/mol. The zero-order chi connectivity index (χ0) is 27.6. The first-order valence-electron chi connectivity index (χ1n) is 12.8. The number of hydrogen-bond acceptors (Lipinski definition) is 10. The van der Waals surface area contributed by atoms with Gasteiger partial charge in [0.25, 0.3) is 14.1 Å². The van der Waals surface area contributed by atoms with Crippen molar-refractivity contribution >= 4 is 32.0 Å². The number of fused-ring (bicyclic) bond motifs is 3. The van der Waals surface area contributed by atoms with E-state index in [4.69, 9.17) is 23.8 Å². The molecule has 4 heterocycles. The molecule has 2 bridgehead atoms. The largest absolute Gasteiger partial charge is 0.369 e. The molecule has 0 spiro atoms. The quantitative estimate of drug-likeness (QED) is 0.182. The Bertz CT molecular complexity index is 1230. The Kier molecular flexibility index (Phi) is 8.82. The minimum absolute atomic E-state index is 0.159. The standard InChI is InChI=1S/C24H37N8O5P/c1-8-24-12-34-18(19(24)37-38(35-11-9-10-25)32(15(2)3)16(4)5)22(36-24)31-14-26-17-20(31)28-23(29-21(17)33)27-13-30(6)7/h13-16,18-19,22H,8-9,11-12H2,1-7H3,(H,28,29,33)/b27-13+/t18-,19+,22-,24+,38?/m1/s1. The molecule has 2 aromatic rings. The van der Waals surface area contributed by atoms with Gasteiger partial charge in [-0.3, -0.25) is 14.3 Å². The van der Waals surface area contributed by atoms with E-state index in [0.717, 1.165) is 0 Å². The number of ether oxygens (including phenoxy) is 2. The number of rotatable bonds is 12. The summed E-state index contributed by atoms with van der Waals surface area (Å²) in [6.45, 7) is 11.1. The normalized spacial score (nSPS) is 25.9. The Balaban J connectivity index is 1.68. The molecule has 0 saturated carbocycles. The number of aliphatic imine (C=N–C) groups is 1. The van der Waals surface area contributed by atoms with E-state index in [0.29, 0.717) is 18.7 Å². The van der Waals surface area contributed by atoms with Crippen LogP contribution in [-0.2, 0) is 18.5 Å². The molecule has 0 radical (unpaired) electrons. The lowest BCUT2D eigenvalue weighted by Crippen LogP contribution is -2.42. The molecule has 13 nitrogen and oxygen atoms in total. The monoisotopic (exact) mass is 548 g/mol. The van der Waals surface area contributed by atoms with Crippen molar-refractivity contribution in [1.82, 2.24) is 29.1 Å². The molecule has 5 atom stereocenters. The van der Waals surface area contributed by atoms with Crippen molar-refractivity contribution < 1.29 is 18.5 Å². The first-order valence-corrected chi connectivity index (χ1v) is 14.0. The number of aromatic nitrogens is 4. The van der Waals surface area contributed by atoms with E-state index in [9.17, 15) is 4.79 Å². The van der Waals surface area contributed by atoms with Crippen LogP contribution in [0.25, 0.3) is 11.2 Å². The number of hydrogen-bond donors (Lipinski definition) is 1. The lowest BCUT2D eigenvalue weighted by molar-refractivity contribution is -0.172.